The molecule has 0 aromatic heterocycles. The Balaban J connectivity index is 2.97. The van der Waals surface area contributed by atoms with E-state index in [1.165, 1.54) is 0 Å². The second-order valence-corrected chi connectivity index (χ2v) is 4.40. The third kappa shape index (κ3) is 3.89. The molecular formula is C13H16BrNO2. The van der Waals surface area contributed by atoms with Crippen LogP contribution in [-0.4, -0.2) is 24.2 Å². The zero-order chi connectivity index (χ0) is 12.8. The maximum atomic E-state index is 10.4. The number of carboxylic acids is 1. The van der Waals surface area contributed by atoms with Crippen molar-refractivity contribution in [2.45, 2.75) is 13.8 Å². The number of halogens is 1. The van der Waals surface area contributed by atoms with Gasteiger partial charge in [0.1, 0.15) is 0 Å². The fraction of sp³-hybridized carbons (Fsp3) is 0.308. The summed E-state index contributed by atoms with van der Waals surface area (Å²) in [7, 11) is 0. The minimum atomic E-state index is -0.940. The first-order valence-corrected chi connectivity index (χ1v) is 6.33. The Morgan fingerprint density at radius 1 is 1.41 bits per heavy atom. The molecule has 0 aliphatic heterocycles. The Kier molecular flexibility index (Phi) is 5.22. The summed E-state index contributed by atoms with van der Waals surface area (Å²) < 4.78 is 0.902. The maximum absolute atomic E-state index is 10.4. The van der Waals surface area contributed by atoms with E-state index in [-0.39, 0.29) is 0 Å². The van der Waals surface area contributed by atoms with E-state index >= 15 is 0 Å². The number of aliphatic carboxylic acids is 1. The van der Waals surface area contributed by atoms with Gasteiger partial charge in [0.2, 0.25) is 0 Å². The van der Waals surface area contributed by atoms with Crippen LogP contribution in [0.3, 0.4) is 0 Å². The van der Waals surface area contributed by atoms with E-state index in [2.05, 4.69) is 34.7 Å². The number of hydrogen-bond donors (Lipinski definition) is 1. The number of anilines is 1. The van der Waals surface area contributed by atoms with Crippen molar-refractivity contribution in [2.24, 2.45) is 0 Å². The average molecular weight is 298 g/mol. The molecule has 0 unspecified atom stereocenters. The van der Waals surface area contributed by atoms with Gasteiger partial charge in [0.25, 0.3) is 0 Å². The lowest BCUT2D eigenvalue weighted by molar-refractivity contribution is -0.131. The summed E-state index contributed by atoms with van der Waals surface area (Å²) in [5.41, 5.74) is 2.00. The van der Waals surface area contributed by atoms with E-state index in [0.29, 0.717) is 0 Å². The number of rotatable bonds is 5. The van der Waals surface area contributed by atoms with E-state index in [9.17, 15) is 4.79 Å². The van der Waals surface area contributed by atoms with Crippen molar-refractivity contribution in [1.29, 1.82) is 0 Å². The lowest BCUT2D eigenvalue weighted by Gasteiger charge is -2.21. The molecule has 0 radical (unpaired) electrons. The van der Waals surface area contributed by atoms with Gasteiger partial charge in [-0.05, 0) is 37.6 Å². The van der Waals surface area contributed by atoms with Gasteiger partial charge in [-0.25, -0.2) is 4.79 Å². The summed E-state index contributed by atoms with van der Waals surface area (Å²) in [6, 6.07) is 5.92. The maximum Gasteiger partial charge on any atom is 0.328 e. The van der Waals surface area contributed by atoms with Gasteiger partial charge in [-0.2, -0.15) is 0 Å². The fourth-order valence-corrected chi connectivity index (χ4v) is 2.10. The van der Waals surface area contributed by atoms with Crippen LogP contribution in [0.4, 0.5) is 5.69 Å². The van der Waals surface area contributed by atoms with E-state index in [1.54, 1.807) is 6.08 Å². The normalized spacial score (nSPS) is 10.8. The zero-order valence-electron chi connectivity index (χ0n) is 9.98. The summed E-state index contributed by atoms with van der Waals surface area (Å²) in [5.74, 6) is -0.940. The van der Waals surface area contributed by atoms with Crippen molar-refractivity contribution in [1.82, 2.24) is 0 Å². The molecule has 92 valence electrons. The van der Waals surface area contributed by atoms with Crippen LogP contribution in [0.1, 0.15) is 19.4 Å². The van der Waals surface area contributed by atoms with Gasteiger partial charge < -0.3 is 10.0 Å². The second kappa shape index (κ2) is 6.45. The quantitative estimate of drug-likeness (QED) is 0.847. The van der Waals surface area contributed by atoms with Gasteiger partial charge in [-0.15, -0.1) is 0 Å². The molecule has 0 amide bonds. The highest BCUT2D eigenvalue weighted by Gasteiger charge is 2.04. The molecule has 0 atom stereocenters. The highest BCUT2D eigenvalue weighted by atomic mass is 79.9. The van der Waals surface area contributed by atoms with Gasteiger partial charge >= 0.3 is 5.97 Å². The van der Waals surface area contributed by atoms with Crippen LogP contribution >= 0.6 is 15.9 Å². The Hall–Kier alpha value is -1.29. The van der Waals surface area contributed by atoms with Gasteiger partial charge in [0.15, 0.2) is 0 Å². The smallest absolute Gasteiger partial charge is 0.328 e. The van der Waals surface area contributed by atoms with E-state index in [1.807, 2.05) is 18.2 Å². The van der Waals surface area contributed by atoms with E-state index < -0.39 is 5.97 Å². The van der Waals surface area contributed by atoms with Gasteiger partial charge in [-0.1, -0.05) is 22.0 Å². The first-order chi connectivity index (χ1) is 8.08. The molecular weight excluding hydrogens is 282 g/mol. The number of benzene rings is 1. The molecule has 1 rings (SSSR count). The van der Waals surface area contributed by atoms with Crippen LogP contribution in [0.15, 0.2) is 28.7 Å². The van der Waals surface area contributed by atoms with Crippen LogP contribution in [0, 0.1) is 0 Å². The van der Waals surface area contributed by atoms with Crippen molar-refractivity contribution in [2.75, 3.05) is 18.0 Å². The molecule has 0 bridgehead atoms. The molecule has 0 aliphatic rings. The topological polar surface area (TPSA) is 40.5 Å². The third-order valence-corrected chi connectivity index (χ3v) is 3.20. The third-order valence-electron chi connectivity index (χ3n) is 2.52. The number of carbonyl (C=O) groups is 1. The summed E-state index contributed by atoms with van der Waals surface area (Å²) >= 11 is 3.45. The second-order valence-electron chi connectivity index (χ2n) is 3.55. The summed E-state index contributed by atoms with van der Waals surface area (Å²) in [6.45, 7) is 6.12. The largest absolute Gasteiger partial charge is 0.478 e. The van der Waals surface area contributed by atoms with Gasteiger partial charge in [0, 0.05) is 29.3 Å². The molecule has 1 aromatic carbocycles. The van der Waals surface area contributed by atoms with Crippen molar-refractivity contribution >= 4 is 33.7 Å². The van der Waals surface area contributed by atoms with Crippen molar-refractivity contribution in [3.8, 4) is 0 Å². The SMILES string of the molecule is CCN(CC)c1ccc(/C=C/C(=O)O)c(Br)c1. The van der Waals surface area contributed by atoms with Crippen LogP contribution in [0.5, 0.6) is 0 Å². The first kappa shape index (κ1) is 13.8. The summed E-state index contributed by atoms with van der Waals surface area (Å²) in [5, 5.41) is 8.57. The van der Waals surface area contributed by atoms with Gasteiger partial charge in [-0.3, -0.25) is 0 Å². The molecule has 3 nitrogen and oxygen atoms in total. The molecule has 1 N–H and O–H groups in total. The summed E-state index contributed by atoms with van der Waals surface area (Å²) in [6.07, 6.45) is 2.72. The number of carboxylic acid groups (broad SMARTS) is 1. The van der Waals surface area contributed by atoms with Gasteiger partial charge in [0.05, 0.1) is 0 Å². The first-order valence-electron chi connectivity index (χ1n) is 5.54. The summed E-state index contributed by atoms with van der Waals surface area (Å²) in [4.78, 5) is 12.7. The molecule has 0 spiro atoms. The highest BCUT2D eigenvalue weighted by molar-refractivity contribution is 9.10. The van der Waals surface area contributed by atoms with E-state index in [0.717, 1.165) is 34.9 Å². The van der Waals surface area contributed by atoms with Crippen LogP contribution in [0.25, 0.3) is 6.08 Å². The molecule has 0 saturated carbocycles. The molecule has 1 aromatic rings. The monoisotopic (exact) mass is 297 g/mol. The Labute approximate surface area is 110 Å². The van der Waals surface area contributed by atoms with Crippen LogP contribution < -0.4 is 4.90 Å². The molecule has 0 fully saturated rings. The lowest BCUT2D eigenvalue weighted by Crippen LogP contribution is -2.21. The number of nitrogens with zero attached hydrogens (tertiary/aromatic N) is 1. The average Bonchev–Trinajstić information content (AvgIpc) is 2.29. The molecule has 17 heavy (non-hydrogen) atoms. The molecule has 0 heterocycles. The van der Waals surface area contributed by atoms with Crippen molar-refractivity contribution < 1.29 is 9.90 Å². The Morgan fingerprint density at radius 2 is 2.06 bits per heavy atom. The minimum Gasteiger partial charge on any atom is -0.478 e. The van der Waals surface area contributed by atoms with Crippen molar-refractivity contribution in [3.05, 3.63) is 34.3 Å². The van der Waals surface area contributed by atoms with Crippen molar-refractivity contribution in [3.63, 3.8) is 0 Å². The molecule has 4 heteroatoms. The lowest BCUT2D eigenvalue weighted by atomic mass is 10.2. The number of hydrogen-bond acceptors (Lipinski definition) is 2. The zero-order valence-corrected chi connectivity index (χ0v) is 11.6. The highest BCUT2D eigenvalue weighted by Crippen LogP contribution is 2.25. The molecule has 0 aliphatic carbocycles. The molecule has 0 saturated heterocycles. The fourth-order valence-electron chi connectivity index (χ4n) is 1.60. The standard InChI is InChI=1S/C13H16BrNO2/c1-3-15(4-2)11-7-5-10(12(14)9-11)6-8-13(16)17/h5-9H,3-4H2,1-2H3,(H,16,17)/b8-6+. The van der Waals surface area contributed by atoms with Crippen LogP contribution in [0.2, 0.25) is 0 Å². The van der Waals surface area contributed by atoms with E-state index in [4.69, 9.17) is 5.11 Å². The van der Waals surface area contributed by atoms with Crippen LogP contribution in [-0.2, 0) is 4.79 Å². The predicted octanol–water partition coefficient (Wildman–Crippen LogP) is 3.39. The predicted molar refractivity (Wildman–Crippen MR) is 74.4 cm³/mol. The Morgan fingerprint density at radius 3 is 2.53 bits per heavy atom. The Bertz CT molecular complexity index is 425. The minimum absolute atomic E-state index is 0.864.